The van der Waals surface area contributed by atoms with Crippen molar-refractivity contribution in [2.24, 2.45) is 0 Å². The molecule has 0 unspecified atom stereocenters. The van der Waals surface area contributed by atoms with E-state index < -0.39 is 0 Å². The third kappa shape index (κ3) is 10.6. The minimum absolute atomic E-state index is 0.0960. The summed E-state index contributed by atoms with van der Waals surface area (Å²) in [4.78, 5) is 7.65. The number of anilines is 8. The summed E-state index contributed by atoms with van der Waals surface area (Å²) in [6, 6.07) is 81.0. The summed E-state index contributed by atoms with van der Waals surface area (Å²) >= 11 is 1.36. The molecule has 1 heterocycles. The lowest BCUT2D eigenvalue weighted by Crippen LogP contribution is -2.21. The van der Waals surface area contributed by atoms with Crippen LogP contribution < -0.4 is 14.7 Å². The first-order chi connectivity index (χ1) is 38.8. The monoisotopic (exact) mass is 1030 g/mol. The normalized spacial score (nSPS) is 10.5. The summed E-state index contributed by atoms with van der Waals surface area (Å²) in [7, 11) is 0. The van der Waals surface area contributed by atoms with Crippen LogP contribution in [0.25, 0.3) is 22.3 Å². The maximum absolute atomic E-state index is 10.6. The van der Waals surface area contributed by atoms with Gasteiger partial charge in [0.2, 0.25) is 0 Å². The van der Waals surface area contributed by atoms with Crippen LogP contribution in [-0.4, -0.2) is 6.54 Å². The average molecular weight is 1030 g/mol. The van der Waals surface area contributed by atoms with E-state index >= 15 is 0 Å². The Morgan fingerprint density at radius 2 is 0.595 bits per heavy atom. The summed E-state index contributed by atoms with van der Waals surface area (Å²) in [6.45, 7) is 2.61. The molecule has 0 aromatic heterocycles. The molecular formula is C67H41N11S. The van der Waals surface area contributed by atoms with E-state index in [1.54, 1.807) is 36.4 Å². The summed E-state index contributed by atoms with van der Waals surface area (Å²) in [5.41, 5.74) is 7.60. The highest BCUT2D eigenvalue weighted by Gasteiger charge is 2.29. The van der Waals surface area contributed by atoms with Crippen LogP contribution in [0.3, 0.4) is 0 Å². The number of nitriles is 8. The number of hydrogen-bond acceptors (Lipinski definition) is 12. The first-order valence-electron chi connectivity index (χ1n) is 24.8. The van der Waals surface area contributed by atoms with Crippen molar-refractivity contribution in [3.05, 3.63) is 251 Å². The highest BCUT2D eigenvalue weighted by Crippen LogP contribution is 2.52. The SMILES string of the molecule is CCCN1c2ccc(C(=C(C#N)C#N)C(=C(C#N)C#N)c3ccc(N(c4ccccc4)c4ccccc4)cc3)cc2Sc2cc(C(=C(C#N)C#N)C(=C(C#N)C#N)c3ccc(N(c4ccccc4)c4ccccc4)cc3)ccc21. The Kier molecular flexibility index (Phi) is 16.0. The second kappa shape index (κ2) is 24.2. The molecule has 79 heavy (non-hydrogen) atoms. The maximum Gasteiger partial charge on any atom is 0.138 e. The van der Waals surface area contributed by atoms with Gasteiger partial charge in [0.25, 0.3) is 0 Å². The fourth-order valence-corrected chi connectivity index (χ4v) is 10.8. The van der Waals surface area contributed by atoms with E-state index in [2.05, 4.69) is 14.7 Å². The molecule has 1 aliphatic rings. The largest absolute Gasteiger partial charge is 0.340 e. The van der Waals surface area contributed by atoms with Crippen LogP contribution in [0.2, 0.25) is 0 Å². The van der Waals surface area contributed by atoms with Crippen molar-refractivity contribution < 1.29 is 0 Å². The van der Waals surface area contributed by atoms with Crippen LogP contribution in [0.5, 0.6) is 0 Å². The Bertz CT molecular complexity index is 3720. The van der Waals surface area contributed by atoms with Gasteiger partial charge in [0.15, 0.2) is 0 Å². The van der Waals surface area contributed by atoms with Crippen LogP contribution in [-0.2, 0) is 0 Å². The lowest BCUT2D eigenvalue weighted by atomic mass is 9.86. The molecule has 0 atom stereocenters. The van der Waals surface area contributed by atoms with Gasteiger partial charge in [0.05, 0.1) is 11.4 Å². The lowest BCUT2D eigenvalue weighted by molar-refractivity contribution is 0.866. The van der Waals surface area contributed by atoms with Gasteiger partial charge >= 0.3 is 0 Å². The number of para-hydroxylation sites is 4. The van der Waals surface area contributed by atoms with Gasteiger partial charge in [0.1, 0.15) is 70.8 Å². The molecule has 12 heteroatoms. The minimum Gasteiger partial charge on any atom is -0.340 e. The van der Waals surface area contributed by atoms with Crippen molar-refractivity contribution in [3.8, 4) is 48.6 Å². The Morgan fingerprint density at radius 1 is 0.342 bits per heavy atom. The van der Waals surface area contributed by atoms with E-state index in [9.17, 15) is 42.1 Å². The van der Waals surface area contributed by atoms with Gasteiger partial charge in [-0.05, 0) is 126 Å². The highest BCUT2D eigenvalue weighted by atomic mass is 32.2. The van der Waals surface area contributed by atoms with Crippen molar-refractivity contribution in [1.82, 2.24) is 0 Å². The van der Waals surface area contributed by atoms with Crippen LogP contribution in [0.1, 0.15) is 35.6 Å². The Balaban J connectivity index is 1.15. The Hall–Kier alpha value is -11.6. The summed E-state index contributed by atoms with van der Waals surface area (Å²) < 4.78 is 0. The zero-order chi connectivity index (χ0) is 55.3. The molecule has 0 saturated carbocycles. The molecule has 1 aliphatic heterocycles. The molecule has 8 aromatic rings. The zero-order valence-electron chi connectivity index (χ0n) is 42.4. The van der Waals surface area contributed by atoms with Crippen molar-refractivity contribution in [3.63, 3.8) is 0 Å². The predicted octanol–water partition coefficient (Wildman–Crippen LogP) is 16.2. The van der Waals surface area contributed by atoms with Gasteiger partial charge in [-0.3, -0.25) is 0 Å². The molecule has 0 amide bonds. The number of nitrogens with zero attached hydrogens (tertiary/aromatic N) is 11. The Labute approximate surface area is 463 Å². The van der Waals surface area contributed by atoms with E-state index in [0.29, 0.717) is 38.6 Å². The quantitative estimate of drug-likeness (QED) is 0.0738. The van der Waals surface area contributed by atoms with Crippen LogP contribution >= 0.6 is 11.8 Å². The molecule has 0 aliphatic carbocycles. The topological polar surface area (TPSA) is 200 Å². The van der Waals surface area contributed by atoms with Gasteiger partial charge in [-0.15, -0.1) is 0 Å². The van der Waals surface area contributed by atoms with E-state index in [-0.39, 0.29) is 44.6 Å². The molecule has 0 bridgehead atoms. The van der Waals surface area contributed by atoms with Gasteiger partial charge < -0.3 is 14.7 Å². The fraction of sp³-hybridized carbons (Fsp3) is 0.0448. The second-order valence-corrected chi connectivity index (χ2v) is 18.7. The van der Waals surface area contributed by atoms with Crippen molar-refractivity contribution in [1.29, 1.82) is 42.1 Å². The molecule has 370 valence electrons. The summed E-state index contributed by atoms with van der Waals surface area (Å²) in [6.07, 6.45) is 0.731. The Morgan fingerprint density at radius 3 is 0.861 bits per heavy atom. The van der Waals surface area contributed by atoms with Crippen molar-refractivity contribution in [2.75, 3.05) is 21.2 Å². The predicted molar refractivity (Wildman–Crippen MR) is 309 cm³/mol. The molecular weight excluding hydrogens is 991 g/mol. The maximum atomic E-state index is 10.6. The van der Waals surface area contributed by atoms with Crippen LogP contribution in [0.15, 0.2) is 238 Å². The van der Waals surface area contributed by atoms with Gasteiger partial charge in [-0.25, -0.2) is 0 Å². The average Bonchev–Trinajstić information content (AvgIpc) is 3.59. The fourth-order valence-electron chi connectivity index (χ4n) is 9.62. The summed E-state index contributed by atoms with van der Waals surface area (Å²) in [5.74, 6) is 0. The molecule has 0 spiro atoms. The van der Waals surface area contributed by atoms with Crippen molar-refractivity contribution >= 4 is 79.6 Å². The van der Waals surface area contributed by atoms with E-state index in [4.69, 9.17) is 0 Å². The number of rotatable bonds is 14. The van der Waals surface area contributed by atoms with Crippen molar-refractivity contribution in [2.45, 2.75) is 23.1 Å². The van der Waals surface area contributed by atoms with E-state index in [0.717, 1.165) is 51.9 Å². The van der Waals surface area contributed by atoms with Gasteiger partial charge in [-0.1, -0.05) is 128 Å². The molecule has 8 aromatic carbocycles. The molecule has 0 saturated heterocycles. The molecule has 0 N–H and O–H groups in total. The first-order valence-corrected chi connectivity index (χ1v) is 25.6. The number of fused-ring (bicyclic) bond motifs is 2. The lowest BCUT2D eigenvalue weighted by Gasteiger charge is -2.33. The third-order valence-electron chi connectivity index (χ3n) is 13.0. The number of allylic oxidation sites excluding steroid dienone is 8. The second-order valence-electron chi connectivity index (χ2n) is 17.6. The van der Waals surface area contributed by atoms with Gasteiger partial charge in [0, 0.05) is 72.8 Å². The van der Waals surface area contributed by atoms with Crippen LogP contribution in [0, 0.1) is 90.6 Å². The molecule has 0 fully saturated rings. The highest BCUT2D eigenvalue weighted by molar-refractivity contribution is 7.99. The molecule has 9 rings (SSSR count). The minimum atomic E-state index is -0.313. The molecule has 11 nitrogen and oxygen atoms in total. The van der Waals surface area contributed by atoms with Crippen LogP contribution in [0.4, 0.5) is 45.5 Å². The first kappa shape index (κ1) is 52.3. The number of hydrogen-bond donors (Lipinski definition) is 0. The summed E-state index contributed by atoms with van der Waals surface area (Å²) in [5, 5.41) is 84.5. The van der Waals surface area contributed by atoms with E-state index in [1.807, 2.05) is 225 Å². The number of benzene rings is 8. The van der Waals surface area contributed by atoms with Gasteiger partial charge in [-0.2, -0.15) is 42.1 Å². The molecule has 0 radical (unpaired) electrons. The van der Waals surface area contributed by atoms with E-state index in [1.165, 1.54) is 11.8 Å². The zero-order valence-corrected chi connectivity index (χ0v) is 43.2. The third-order valence-corrected chi connectivity index (χ3v) is 14.1. The standard InChI is InChI=1S/C67H41N11S/c1-2-35-76-60-33-27-48(66(52(42-72)43-73)64(50(38-68)39-69)46-23-29-58(30-24-46)77(54-15-7-3-8-16-54)55-17-9-4-10-18-55)36-62(60)79-63-37-49(28-34-61(63)76)67(53(44-74)45-75)65(51(40-70)41-71)47-25-31-59(32-26-47)78(56-19-11-5-12-20-56)57-21-13-6-14-22-57/h3-34,36-37H,2,35H2,1H3. The smallest absolute Gasteiger partial charge is 0.138 e.